The van der Waals surface area contributed by atoms with Gasteiger partial charge in [0.1, 0.15) is 0 Å². The van der Waals surface area contributed by atoms with Crippen LogP contribution in [0.25, 0.3) is 0 Å². The first-order valence-corrected chi connectivity index (χ1v) is 6.26. The van der Waals surface area contributed by atoms with Crippen LogP contribution in [-0.2, 0) is 14.2 Å². The lowest BCUT2D eigenvalue weighted by Gasteiger charge is -2.12. The minimum Gasteiger partial charge on any atom is -0.379 e. The van der Waals surface area contributed by atoms with Crippen molar-refractivity contribution in [2.45, 2.75) is 45.8 Å². The van der Waals surface area contributed by atoms with Crippen LogP contribution in [0.5, 0.6) is 0 Å². The first-order valence-electron chi connectivity index (χ1n) is 6.26. The average molecular weight is 234 g/mol. The molecule has 0 spiro atoms. The van der Waals surface area contributed by atoms with E-state index in [1.54, 1.807) is 0 Å². The van der Waals surface area contributed by atoms with Gasteiger partial charge in [-0.25, -0.2) is 0 Å². The molecule has 0 saturated carbocycles. The molecule has 0 saturated heterocycles. The Bertz CT molecular complexity index is 130. The Morgan fingerprint density at radius 1 is 0.875 bits per heavy atom. The summed E-state index contributed by atoms with van der Waals surface area (Å²) >= 11 is 0. The van der Waals surface area contributed by atoms with Crippen LogP contribution in [0.4, 0.5) is 0 Å². The molecule has 0 rings (SSSR count). The highest BCUT2D eigenvalue weighted by atomic mass is 16.6. The van der Waals surface area contributed by atoms with Crippen molar-refractivity contribution in [2.24, 2.45) is 0 Å². The van der Waals surface area contributed by atoms with Gasteiger partial charge in [-0.1, -0.05) is 26.7 Å². The summed E-state index contributed by atoms with van der Waals surface area (Å²) in [6.07, 6.45) is 3.50. The summed E-state index contributed by atoms with van der Waals surface area (Å²) in [5.41, 5.74) is 0. The fraction of sp³-hybridized carbons (Fsp3) is 1.00. The number of ether oxygens (including phenoxy) is 3. The molecule has 4 heteroatoms. The predicted molar refractivity (Wildman–Crippen MR) is 63.4 cm³/mol. The van der Waals surface area contributed by atoms with Crippen molar-refractivity contribution >= 4 is 0 Å². The second kappa shape index (κ2) is 12.9. The molecule has 98 valence electrons. The summed E-state index contributed by atoms with van der Waals surface area (Å²) in [6.45, 7) is 6.87. The lowest BCUT2D eigenvalue weighted by atomic mass is 10.4. The van der Waals surface area contributed by atoms with Gasteiger partial charge in [-0.15, -0.1) is 0 Å². The van der Waals surface area contributed by atoms with Gasteiger partial charge in [0.25, 0.3) is 0 Å². The van der Waals surface area contributed by atoms with Crippen LogP contribution in [0, 0.1) is 0 Å². The lowest BCUT2D eigenvalue weighted by molar-refractivity contribution is -0.146. The van der Waals surface area contributed by atoms with E-state index in [2.05, 4.69) is 13.8 Å². The third-order valence-electron chi connectivity index (χ3n) is 2.08. The Morgan fingerprint density at radius 2 is 1.50 bits per heavy atom. The van der Waals surface area contributed by atoms with Gasteiger partial charge in [-0.2, -0.15) is 0 Å². The third-order valence-corrected chi connectivity index (χ3v) is 2.08. The Balaban J connectivity index is 3.08. The molecule has 4 nitrogen and oxygen atoms in total. The molecule has 0 aromatic carbocycles. The zero-order valence-electron chi connectivity index (χ0n) is 10.6. The zero-order valence-corrected chi connectivity index (χ0v) is 10.6. The van der Waals surface area contributed by atoms with Crippen molar-refractivity contribution in [1.82, 2.24) is 0 Å². The van der Waals surface area contributed by atoms with Crippen molar-refractivity contribution in [2.75, 3.05) is 33.0 Å². The highest BCUT2D eigenvalue weighted by molar-refractivity contribution is 4.40. The summed E-state index contributed by atoms with van der Waals surface area (Å²) < 4.78 is 15.6. The smallest absolute Gasteiger partial charge is 0.178 e. The second-order valence-corrected chi connectivity index (χ2v) is 3.72. The van der Waals surface area contributed by atoms with Gasteiger partial charge >= 0.3 is 0 Å². The summed E-state index contributed by atoms with van der Waals surface area (Å²) in [7, 11) is 0. The van der Waals surface area contributed by atoms with Crippen LogP contribution in [0.1, 0.15) is 39.5 Å². The van der Waals surface area contributed by atoms with Crippen LogP contribution in [0.2, 0.25) is 0 Å². The molecule has 0 aliphatic carbocycles. The molecule has 16 heavy (non-hydrogen) atoms. The zero-order chi connectivity index (χ0) is 12.1. The van der Waals surface area contributed by atoms with Crippen molar-refractivity contribution < 1.29 is 19.3 Å². The molecule has 1 N–H and O–H groups in total. The molecule has 0 aromatic heterocycles. The number of hydrogen-bond donors (Lipinski definition) is 1. The van der Waals surface area contributed by atoms with Crippen molar-refractivity contribution in [3.63, 3.8) is 0 Å². The van der Waals surface area contributed by atoms with Crippen molar-refractivity contribution in [1.29, 1.82) is 0 Å². The number of aliphatic hydroxyl groups is 1. The number of rotatable bonds is 12. The van der Waals surface area contributed by atoms with Crippen LogP contribution >= 0.6 is 0 Å². The largest absolute Gasteiger partial charge is 0.379 e. The minimum absolute atomic E-state index is 0.245. The van der Waals surface area contributed by atoms with Crippen molar-refractivity contribution in [3.05, 3.63) is 0 Å². The highest BCUT2D eigenvalue weighted by Gasteiger charge is 2.03. The molecule has 0 aliphatic rings. The Hall–Kier alpha value is -0.160. The maximum absolute atomic E-state index is 9.35. The van der Waals surface area contributed by atoms with Gasteiger partial charge in [0.05, 0.1) is 19.8 Å². The van der Waals surface area contributed by atoms with Gasteiger partial charge in [0.2, 0.25) is 0 Å². The van der Waals surface area contributed by atoms with Crippen LogP contribution in [0.3, 0.4) is 0 Å². The molecular weight excluding hydrogens is 208 g/mol. The van der Waals surface area contributed by atoms with Crippen LogP contribution in [0.15, 0.2) is 0 Å². The van der Waals surface area contributed by atoms with Crippen LogP contribution in [-0.4, -0.2) is 44.4 Å². The van der Waals surface area contributed by atoms with E-state index in [0.29, 0.717) is 19.8 Å². The standard InChI is InChI=1S/C12H26O4/c1-3-5-7-14-9-10-16-12(13)11-15-8-6-4-2/h12-13H,3-11H2,1-2H3. The highest BCUT2D eigenvalue weighted by Crippen LogP contribution is 1.93. The van der Waals surface area contributed by atoms with E-state index >= 15 is 0 Å². The SMILES string of the molecule is CCCCOCCOC(O)COCCCC. The Kier molecular flexibility index (Phi) is 12.8. The van der Waals surface area contributed by atoms with Gasteiger partial charge < -0.3 is 19.3 Å². The molecule has 1 unspecified atom stereocenters. The lowest BCUT2D eigenvalue weighted by Crippen LogP contribution is -2.21. The summed E-state index contributed by atoms with van der Waals surface area (Å²) in [5.74, 6) is 0. The molecular formula is C12H26O4. The maximum Gasteiger partial charge on any atom is 0.178 e. The summed E-state index contributed by atoms with van der Waals surface area (Å²) in [6, 6.07) is 0. The van der Waals surface area contributed by atoms with Crippen LogP contribution < -0.4 is 0 Å². The molecule has 0 radical (unpaired) electrons. The summed E-state index contributed by atoms with van der Waals surface area (Å²) in [4.78, 5) is 0. The van der Waals surface area contributed by atoms with E-state index in [9.17, 15) is 5.11 Å². The summed E-state index contributed by atoms with van der Waals surface area (Å²) in [5, 5.41) is 9.35. The third kappa shape index (κ3) is 11.9. The van der Waals surface area contributed by atoms with Gasteiger partial charge in [0, 0.05) is 13.2 Å². The maximum atomic E-state index is 9.35. The van der Waals surface area contributed by atoms with Gasteiger partial charge in [-0.3, -0.25) is 0 Å². The monoisotopic (exact) mass is 234 g/mol. The van der Waals surface area contributed by atoms with Crippen molar-refractivity contribution in [3.8, 4) is 0 Å². The second-order valence-electron chi connectivity index (χ2n) is 3.72. The molecule has 0 fully saturated rings. The number of aliphatic hydroxyl groups excluding tert-OH is 1. The number of unbranched alkanes of at least 4 members (excludes halogenated alkanes) is 2. The Morgan fingerprint density at radius 3 is 2.12 bits per heavy atom. The molecule has 0 bridgehead atoms. The molecule has 0 aromatic rings. The quantitative estimate of drug-likeness (QED) is 0.414. The van der Waals surface area contributed by atoms with Gasteiger partial charge in [-0.05, 0) is 12.8 Å². The topological polar surface area (TPSA) is 47.9 Å². The van der Waals surface area contributed by atoms with E-state index in [1.807, 2.05) is 0 Å². The van der Waals surface area contributed by atoms with E-state index in [-0.39, 0.29) is 6.61 Å². The van der Waals surface area contributed by atoms with E-state index in [1.165, 1.54) is 0 Å². The molecule has 0 aliphatic heterocycles. The fourth-order valence-corrected chi connectivity index (χ4v) is 1.07. The minimum atomic E-state index is -0.827. The first kappa shape index (κ1) is 15.8. The molecule has 0 heterocycles. The first-order chi connectivity index (χ1) is 7.81. The molecule has 1 atom stereocenters. The van der Waals surface area contributed by atoms with E-state index in [0.717, 1.165) is 32.3 Å². The van der Waals surface area contributed by atoms with E-state index in [4.69, 9.17) is 14.2 Å². The predicted octanol–water partition coefficient (Wildman–Crippen LogP) is 1.95. The van der Waals surface area contributed by atoms with Gasteiger partial charge in [0.15, 0.2) is 6.29 Å². The number of hydrogen-bond acceptors (Lipinski definition) is 4. The van der Waals surface area contributed by atoms with E-state index < -0.39 is 6.29 Å². The Labute approximate surface area is 98.9 Å². The average Bonchev–Trinajstić information content (AvgIpc) is 2.29. The fourth-order valence-electron chi connectivity index (χ4n) is 1.07. The molecule has 0 amide bonds. The normalized spacial score (nSPS) is 12.9.